The normalized spacial score (nSPS) is 17.0. The van der Waals surface area contributed by atoms with Crippen LogP contribution in [0.1, 0.15) is 25.3 Å². The maximum atomic E-state index is 12.7. The Morgan fingerprint density at radius 3 is 2.84 bits per heavy atom. The molecule has 1 atom stereocenters. The monoisotopic (exact) mass is 377 g/mol. The topological polar surface area (TPSA) is 66.8 Å². The molecule has 1 aromatic carbocycles. The quantitative estimate of drug-likeness (QED) is 0.423. The number of aliphatic carboxylic acids is 1. The van der Waals surface area contributed by atoms with Gasteiger partial charge in [-0.1, -0.05) is 68.2 Å². The average molecular weight is 377 g/mol. The minimum absolute atomic E-state index is 0.265. The predicted octanol–water partition coefficient (Wildman–Crippen LogP) is 3.71. The van der Waals surface area contributed by atoms with Gasteiger partial charge in [0.15, 0.2) is 0 Å². The zero-order chi connectivity index (χ0) is 18.4. The maximum absolute atomic E-state index is 12.7. The molecule has 0 aromatic heterocycles. The molecule has 1 aromatic rings. The first-order valence-electron chi connectivity index (χ1n) is 7.82. The largest absolute Gasteiger partial charge is 0.489 e. The molecule has 1 aliphatic heterocycles. The van der Waals surface area contributed by atoms with E-state index in [-0.39, 0.29) is 10.2 Å². The molecule has 2 rings (SSSR count). The molecule has 0 aliphatic carbocycles. The number of hydrogen-bond acceptors (Lipinski definition) is 5. The van der Waals surface area contributed by atoms with Crippen LogP contribution in [-0.2, 0) is 9.59 Å². The van der Waals surface area contributed by atoms with Crippen LogP contribution in [0.5, 0.6) is 5.75 Å². The van der Waals surface area contributed by atoms with Gasteiger partial charge in [-0.05, 0) is 18.6 Å². The fourth-order valence-electron chi connectivity index (χ4n) is 2.41. The highest BCUT2D eigenvalue weighted by Gasteiger charge is 2.40. The summed E-state index contributed by atoms with van der Waals surface area (Å²) in [6.45, 7) is 5.84. The summed E-state index contributed by atoms with van der Waals surface area (Å²) >= 11 is 6.35. The molecule has 0 spiro atoms. The molecule has 1 saturated heterocycles. The Hall–Kier alpha value is -2.12. The Morgan fingerprint density at radius 2 is 2.20 bits per heavy atom. The first kappa shape index (κ1) is 19.2. The van der Waals surface area contributed by atoms with Crippen LogP contribution in [0.15, 0.2) is 41.8 Å². The standard InChI is InChI=1S/C18H19NO4S2/c1-3-7-13(17(21)22)19-16(20)15(25-18(19)24)11-12-8-5-6-9-14(12)23-10-4-2/h4-6,8-9,11,13H,2-3,7,10H2,1H3,(H,21,22). The number of para-hydroxylation sites is 1. The summed E-state index contributed by atoms with van der Waals surface area (Å²) in [6.07, 6.45) is 4.32. The van der Waals surface area contributed by atoms with Gasteiger partial charge in [-0.15, -0.1) is 0 Å². The number of hydrogen-bond donors (Lipinski definition) is 1. The van der Waals surface area contributed by atoms with E-state index in [1.165, 1.54) is 4.90 Å². The molecule has 1 fully saturated rings. The smallest absolute Gasteiger partial charge is 0.326 e. The van der Waals surface area contributed by atoms with E-state index in [1.54, 1.807) is 18.2 Å². The van der Waals surface area contributed by atoms with Gasteiger partial charge in [0.25, 0.3) is 5.91 Å². The molecule has 1 unspecified atom stereocenters. The third-order valence-electron chi connectivity index (χ3n) is 3.54. The van der Waals surface area contributed by atoms with E-state index in [4.69, 9.17) is 17.0 Å². The van der Waals surface area contributed by atoms with Crippen molar-refractivity contribution in [3.05, 3.63) is 47.4 Å². The number of rotatable bonds is 8. The second-order valence-electron chi connectivity index (χ2n) is 5.33. The highest BCUT2D eigenvalue weighted by Crippen LogP contribution is 2.36. The number of benzene rings is 1. The lowest BCUT2D eigenvalue weighted by Gasteiger charge is -2.22. The highest BCUT2D eigenvalue weighted by molar-refractivity contribution is 8.26. The number of nitrogens with zero attached hydrogens (tertiary/aromatic N) is 1. The second-order valence-corrected chi connectivity index (χ2v) is 7.01. The van der Waals surface area contributed by atoms with E-state index in [2.05, 4.69) is 6.58 Å². The molecule has 5 nitrogen and oxygen atoms in total. The van der Waals surface area contributed by atoms with Crippen LogP contribution in [0.4, 0.5) is 0 Å². The maximum Gasteiger partial charge on any atom is 0.326 e. The van der Waals surface area contributed by atoms with E-state index in [0.29, 0.717) is 30.1 Å². The fourth-order valence-corrected chi connectivity index (χ4v) is 3.75. The Kier molecular flexibility index (Phi) is 6.78. The minimum atomic E-state index is -1.05. The molecule has 132 valence electrons. The van der Waals surface area contributed by atoms with Crippen molar-refractivity contribution in [2.45, 2.75) is 25.8 Å². The van der Waals surface area contributed by atoms with Gasteiger partial charge in [-0.3, -0.25) is 9.69 Å². The minimum Gasteiger partial charge on any atom is -0.489 e. The zero-order valence-corrected chi connectivity index (χ0v) is 15.4. The van der Waals surface area contributed by atoms with E-state index in [9.17, 15) is 14.7 Å². The van der Waals surface area contributed by atoms with Gasteiger partial charge in [0.1, 0.15) is 22.7 Å². The summed E-state index contributed by atoms with van der Waals surface area (Å²) in [5, 5.41) is 9.41. The van der Waals surface area contributed by atoms with Crippen LogP contribution >= 0.6 is 24.0 Å². The molecule has 7 heteroatoms. The number of carboxylic acids is 1. The number of ether oxygens (including phenoxy) is 1. The van der Waals surface area contributed by atoms with E-state index < -0.39 is 12.0 Å². The zero-order valence-electron chi connectivity index (χ0n) is 13.8. The molecular weight excluding hydrogens is 358 g/mol. The SMILES string of the molecule is C=CCOc1ccccc1C=C1SC(=S)N(C(CCC)C(=O)O)C1=O. The Labute approximate surface area is 156 Å². The van der Waals surface area contributed by atoms with Crippen LogP contribution in [0.25, 0.3) is 6.08 Å². The number of amides is 1. The molecule has 1 N–H and O–H groups in total. The second kappa shape index (κ2) is 8.82. The predicted molar refractivity (Wildman–Crippen MR) is 103 cm³/mol. The summed E-state index contributed by atoms with van der Waals surface area (Å²) < 4.78 is 5.85. The first-order chi connectivity index (χ1) is 12.0. The molecular formula is C18H19NO4S2. The van der Waals surface area contributed by atoms with Gasteiger partial charge in [0.05, 0.1) is 4.91 Å². The van der Waals surface area contributed by atoms with Crippen molar-refractivity contribution in [1.82, 2.24) is 4.90 Å². The molecule has 1 amide bonds. The molecule has 0 bridgehead atoms. The van der Waals surface area contributed by atoms with Gasteiger partial charge < -0.3 is 9.84 Å². The summed E-state index contributed by atoms with van der Waals surface area (Å²) in [5.41, 5.74) is 0.729. The van der Waals surface area contributed by atoms with Crippen molar-refractivity contribution < 1.29 is 19.4 Å². The first-order valence-corrected chi connectivity index (χ1v) is 9.04. The van der Waals surface area contributed by atoms with Gasteiger partial charge in [-0.25, -0.2) is 4.79 Å². The fraction of sp³-hybridized carbons (Fsp3) is 0.278. The third-order valence-corrected chi connectivity index (χ3v) is 4.88. The summed E-state index contributed by atoms with van der Waals surface area (Å²) in [6, 6.07) is 6.36. The number of thiocarbonyl (C=S) groups is 1. The number of carbonyl (C=O) groups is 2. The molecule has 0 saturated carbocycles. The molecule has 25 heavy (non-hydrogen) atoms. The highest BCUT2D eigenvalue weighted by atomic mass is 32.2. The van der Waals surface area contributed by atoms with Gasteiger partial charge in [0.2, 0.25) is 0 Å². The van der Waals surface area contributed by atoms with E-state index >= 15 is 0 Å². The lowest BCUT2D eigenvalue weighted by atomic mass is 10.1. The van der Waals surface area contributed by atoms with Crippen LogP contribution in [0, 0.1) is 0 Å². The van der Waals surface area contributed by atoms with E-state index in [0.717, 1.165) is 17.3 Å². The van der Waals surface area contributed by atoms with Gasteiger partial charge in [-0.2, -0.15) is 0 Å². The average Bonchev–Trinajstić information content (AvgIpc) is 2.85. The van der Waals surface area contributed by atoms with Crippen LogP contribution in [0.2, 0.25) is 0 Å². The van der Waals surface area contributed by atoms with Crippen LogP contribution < -0.4 is 4.74 Å². The van der Waals surface area contributed by atoms with Crippen molar-refractivity contribution in [3.63, 3.8) is 0 Å². The molecule has 1 heterocycles. The number of carboxylic acid groups (broad SMARTS) is 1. The van der Waals surface area contributed by atoms with Crippen molar-refractivity contribution in [3.8, 4) is 5.75 Å². The van der Waals surface area contributed by atoms with Crippen LogP contribution in [0.3, 0.4) is 0 Å². The summed E-state index contributed by atoms with van der Waals surface area (Å²) in [7, 11) is 0. The Bertz CT molecular complexity index is 730. The van der Waals surface area contributed by atoms with Crippen LogP contribution in [-0.4, -0.2) is 38.9 Å². The van der Waals surface area contributed by atoms with Gasteiger partial charge in [0, 0.05) is 5.56 Å². The summed E-state index contributed by atoms with van der Waals surface area (Å²) in [4.78, 5) is 25.8. The van der Waals surface area contributed by atoms with E-state index in [1.807, 2.05) is 25.1 Å². The lowest BCUT2D eigenvalue weighted by molar-refractivity contribution is -0.145. The lowest BCUT2D eigenvalue weighted by Crippen LogP contribution is -2.43. The number of carbonyl (C=O) groups excluding carboxylic acids is 1. The Morgan fingerprint density at radius 1 is 1.48 bits per heavy atom. The van der Waals surface area contributed by atoms with Crippen molar-refractivity contribution in [1.29, 1.82) is 0 Å². The summed E-state index contributed by atoms with van der Waals surface area (Å²) in [5.74, 6) is -0.806. The van der Waals surface area contributed by atoms with Gasteiger partial charge >= 0.3 is 5.97 Å². The molecule has 0 radical (unpaired) electrons. The van der Waals surface area contributed by atoms with Crippen molar-refractivity contribution in [2.75, 3.05) is 6.61 Å². The third kappa shape index (κ3) is 4.49. The van der Waals surface area contributed by atoms with Crippen molar-refractivity contribution >= 4 is 46.3 Å². The van der Waals surface area contributed by atoms with Crippen molar-refractivity contribution in [2.24, 2.45) is 0 Å². The molecule has 1 aliphatic rings. The Balaban J connectivity index is 2.31. The number of thioether (sulfide) groups is 1.